The molecule has 124 valence electrons. The number of fused-ring (bicyclic) bond motifs is 1. The lowest BCUT2D eigenvalue weighted by Crippen LogP contribution is -2.15. The van der Waals surface area contributed by atoms with E-state index in [4.69, 9.17) is 0 Å². The van der Waals surface area contributed by atoms with Crippen LogP contribution in [0, 0.1) is 11.3 Å². The number of nitriles is 1. The molecular formula is C18H13N3O3S. The lowest BCUT2D eigenvalue weighted by Gasteiger charge is -2.05. The lowest BCUT2D eigenvalue weighted by molar-refractivity contribution is -0.112. The summed E-state index contributed by atoms with van der Waals surface area (Å²) in [5.41, 5.74) is 1.93. The van der Waals surface area contributed by atoms with Crippen molar-refractivity contribution in [1.29, 1.82) is 5.26 Å². The van der Waals surface area contributed by atoms with Crippen LogP contribution in [0.5, 0.6) is 0 Å². The Hall–Kier alpha value is -3.37. The predicted octanol–water partition coefficient (Wildman–Crippen LogP) is 3.56. The SMILES string of the molecule is COC(=O)c1sccc1NC(=O)C(C#N)=Cc1cccc2[nH]ccc12. The second-order valence-corrected chi connectivity index (χ2v) is 5.98. The fourth-order valence-electron chi connectivity index (χ4n) is 2.39. The number of carbonyl (C=O) groups excluding carboxylic acids is 2. The van der Waals surface area contributed by atoms with Gasteiger partial charge >= 0.3 is 5.97 Å². The van der Waals surface area contributed by atoms with E-state index in [0.29, 0.717) is 5.69 Å². The average Bonchev–Trinajstić information content (AvgIpc) is 3.28. The number of nitrogens with zero attached hydrogens (tertiary/aromatic N) is 1. The summed E-state index contributed by atoms with van der Waals surface area (Å²) in [4.78, 5) is 27.5. The maximum Gasteiger partial charge on any atom is 0.350 e. The van der Waals surface area contributed by atoms with Crippen LogP contribution in [0.15, 0.2) is 47.5 Å². The van der Waals surface area contributed by atoms with Gasteiger partial charge in [0.05, 0.1) is 12.8 Å². The fraction of sp³-hybridized carbons (Fsp3) is 0.0556. The van der Waals surface area contributed by atoms with Gasteiger partial charge in [-0.3, -0.25) is 4.79 Å². The predicted molar refractivity (Wildman–Crippen MR) is 96.2 cm³/mol. The van der Waals surface area contributed by atoms with Gasteiger partial charge in [-0.05, 0) is 35.2 Å². The second kappa shape index (κ2) is 7.03. The highest BCUT2D eigenvalue weighted by Gasteiger charge is 2.17. The number of methoxy groups -OCH3 is 1. The molecule has 3 aromatic rings. The number of esters is 1. The molecule has 2 heterocycles. The lowest BCUT2D eigenvalue weighted by atomic mass is 10.1. The van der Waals surface area contributed by atoms with E-state index in [9.17, 15) is 14.9 Å². The molecule has 7 heteroatoms. The Balaban J connectivity index is 1.90. The minimum Gasteiger partial charge on any atom is -0.465 e. The van der Waals surface area contributed by atoms with Gasteiger partial charge in [-0.1, -0.05) is 12.1 Å². The van der Waals surface area contributed by atoms with E-state index in [1.165, 1.54) is 13.2 Å². The first-order chi connectivity index (χ1) is 12.1. The van der Waals surface area contributed by atoms with Crippen molar-refractivity contribution in [3.8, 4) is 6.07 Å². The molecular weight excluding hydrogens is 338 g/mol. The number of hydrogen-bond donors (Lipinski definition) is 2. The van der Waals surface area contributed by atoms with Crippen molar-refractivity contribution in [1.82, 2.24) is 4.98 Å². The third-order valence-corrected chi connectivity index (χ3v) is 4.47. The number of amides is 1. The summed E-state index contributed by atoms with van der Waals surface area (Å²) < 4.78 is 4.68. The van der Waals surface area contributed by atoms with Crippen molar-refractivity contribution in [3.05, 3.63) is 57.9 Å². The Morgan fingerprint density at radius 2 is 2.16 bits per heavy atom. The van der Waals surface area contributed by atoms with Crippen molar-refractivity contribution in [2.24, 2.45) is 0 Å². The van der Waals surface area contributed by atoms with E-state index in [1.54, 1.807) is 17.6 Å². The molecule has 0 aliphatic carbocycles. The number of aromatic amines is 1. The molecule has 1 aromatic carbocycles. The highest BCUT2D eigenvalue weighted by Crippen LogP contribution is 2.24. The van der Waals surface area contributed by atoms with Crippen LogP contribution >= 0.6 is 11.3 Å². The highest BCUT2D eigenvalue weighted by molar-refractivity contribution is 7.12. The van der Waals surface area contributed by atoms with Gasteiger partial charge < -0.3 is 15.0 Å². The molecule has 1 amide bonds. The number of carbonyl (C=O) groups is 2. The number of benzene rings is 1. The van der Waals surface area contributed by atoms with Gasteiger partial charge in [-0.25, -0.2) is 4.79 Å². The number of hydrogen-bond acceptors (Lipinski definition) is 5. The Bertz CT molecular complexity index is 1020. The Morgan fingerprint density at radius 1 is 1.32 bits per heavy atom. The topological polar surface area (TPSA) is 95.0 Å². The number of anilines is 1. The third kappa shape index (κ3) is 3.29. The minimum absolute atomic E-state index is 0.0595. The molecule has 0 saturated carbocycles. The van der Waals surface area contributed by atoms with E-state index in [0.717, 1.165) is 27.8 Å². The Labute approximate surface area is 147 Å². The number of thiophene rings is 1. The zero-order valence-electron chi connectivity index (χ0n) is 13.2. The first kappa shape index (κ1) is 16.5. The van der Waals surface area contributed by atoms with Gasteiger partial charge in [0.25, 0.3) is 5.91 Å². The summed E-state index contributed by atoms with van der Waals surface area (Å²) >= 11 is 1.15. The van der Waals surface area contributed by atoms with Gasteiger partial charge in [0, 0.05) is 17.1 Å². The highest BCUT2D eigenvalue weighted by atomic mass is 32.1. The number of nitrogens with one attached hydrogen (secondary N) is 2. The van der Waals surface area contributed by atoms with Crippen molar-refractivity contribution in [2.75, 3.05) is 12.4 Å². The first-order valence-electron chi connectivity index (χ1n) is 7.29. The second-order valence-electron chi connectivity index (χ2n) is 5.07. The number of H-pyrrole nitrogens is 1. The molecule has 0 atom stereocenters. The Kier molecular flexibility index (Phi) is 4.64. The van der Waals surface area contributed by atoms with Gasteiger partial charge in [0.15, 0.2) is 0 Å². The monoisotopic (exact) mass is 351 g/mol. The van der Waals surface area contributed by atoms with Crippen LogP contribution in [-0.2, 0) is 9.53 Å². The summed E-state index contributed by atoms with van der Waals surface area (Å²) in [5, 5.41) is 14.5. The molecule has 0 aliphatic heterocycles. The van der Waals surface area contributed by atoms with Gasteiger partial charge in [-0.2, -0.15) is 5.26 Å². The summed E-state index contributed by atoms with van der Waals surface area (Å²) in [5.74, 6) is -1.12. The zero-order chi connectivity index (χ0) is 17.8. The van der Waals surface area contributed by atoms with Crippen LogP contribution < -0.4 is 5.32 Å². The van der Waals surface area contributed by atoms with E-state index in [2.05, 4.69) is 15.0 Å². The van der Waals surface area contributed by atoms with E-state index in [1.807, 2.05) is 30.3 Å². The standard InChI is InChI=1S/C18H13N3O3S/c1-24-18(23)16-15(6-8-25-16)21-17(22)12(10-19)9-11-3-2-4-14-13(11)5-7-20-14/h2-9,20H,1H3,(H,21,22). The molecule has 0 aliphatic rings. The van der Waals surface area contributed by atoms with Crippen molar-refractivity contribution in [2.45, 2.75) is 0 Å². The van der Waals surface area contributed by atoms with Gasteiger partial charge in [-0.15, -0.1) is 11.3 Å². The van der Waals surface area contributed by atoms with Crippen LogP contribution in [0.25, 0.3) is 17.0 Å². The van der Waals surface area contributed by atoms with Crippen LogP contribution in [0.4, 0.5) is 5.69 Å². The average molecular weight is 351 g/mol. The van der Waals surface area contributed by atoms with Gasteiger partial charge in [0.1, 0.15) is 16.5 Å². The summed E-state index contributed by atoms with van der Waals surface area (Å²) in [6.07, 6.45) is 3.32. The zero-order valence-corrected chi connectivity index (χ0v) is 14.0. The molecule has 0 fully saturated rings. The molecule has 0 spiro atoms. The minimum atomic E-state index is -0.585. The van der Waals surface area contributed by atoms with Crippen LogP contribution in [0.2, 0.25) is 0 Å². The molecule has 25 heavy (non-hydrogen) atoms. The maximum atomic E-state index is 12.4. The van der Waals surface area contributed by atoms with Crippen molar-refractivity contribution >= 4 is 45.9 Å². The van der Waals surface area contributed by atoms with Crippen LogP contribution in [0.3, 0.4) is 0 Å². The largest absolute Gasteiger partial charge is 0.465 e. The maximum absolute atomic E-state index is 12.4. The number of rotatable bonds is 4. The summed E-state index contributed by atoms with van der Waals surface area (Å²) in [6.45, 7) is 0. The molecule has 0 radical (unpaired) electrons. The van der Waals surface area contributed by atoms with Crippen molar-refractivity contribution < 1.29 is 14.3 Å². The smallest absolute Gasteiger partial charge is 0.350 e. The number of ether oxygens (including phenoxy) is 1. The molecule has 0 saturated heterocycles. The molecule has 2 aromatic heterocycles. The van der Waals surface area contributed by atoms with Crippen molar-refractivity contribution in [3.63, 3.8) is 0 Å². The molecule has 2 N–H and O–H groups in total. The first-order valence-corrected chi connectivity index (χ1v) is 8.17. The normalized spacial score (nSPS) is 11.1. The van der Waals surface area contributed by atoms with E-state index in [-0.39, 0.29) is 10.5 Å². The summed E-state index contributed by atoms with van der Waals surface area (Å²) in [6, 6.07) is 11.0. The molecule has 3 rings (SSSR count). The van der Waals surface area contributed by atoms with Crippen LogP contribution in [0.1, 0.15) is 15.2 Å². The molecule has 0 bridgehead atoms. The van der Waals surface area contributed by atoms with Gasteiger partial charge in [0.2, 0.25) is 0 Å². The fourth-order valence-corrected chi connectivity index (χ4v) is 3.15. The molecule has 0 unspecified atom stereocenters. The molecule has 6 nitrogen and oxygen atoms in total. The third-order valence-electron chi connectivity index (χ3n) is 3.58. The quantitative estimate of drug-likeness (QED) is 0.427. The van der Waals surface area contributed by atoms with E-state index < -0.39 is 11.9 Å². The Morgan fingerprint density at radius 3 is 2.92 bits per heavy atom. The summed E-state index contributed by atoms with van der Waals surface area (Å²) in [7, 11) is 1.27. The van der Waals surface area contributed by atoms with E-state index >= 15 is 0 Å². The number of aromatic nitrogens is 1. The van der Waals surface area contributed by atoms with Crippen LogP contribution in [-0.4, -0.2) is 24.0 Å².